The fraction of sp³-hybridized carbons (Fsp3) is 0.588. The van der Waals surface area contributed by atoms with Crippen molar-refractivity contribution in [3.8, 4) is 0 Å². The fourth-order valence-electron chi connectivity index (χ4n) is 3.28. The zero-order valence-corrected chi connectivity index (χ0v) is 14.9. The second-order valence-corrected chi connectivity index (χ2v) is 8.92. The van der Waals surface area contributed by atoms with E-state index in [4.69, 9.17) is 0 Å². The molecule has 3 heterocycles. The molecule has 25 heavy (non-hydrogen) atoms. The van der Waals surface area contributed by atoms with Crippen LogP contribution in [-0.2, 0) is 9.84 Å². The molecule has 0 radical (unpaired) electrons. The summed E-state index contributed by atoms with van der Waals surface area (Å²) >= 11 is 0. The third kappa shape index (κ3) is 4.56. The first kappa shape index (κ1) is 17.8. The quantitative estimate of drug-likeness (QED) is 0.862. The molecule has 0 bridgehead atoms. The van der Waals surface area contributed by atoms with E-state index in [1.165, 1.54) is 6.07 Å². The minimum absolute atomic E-state index is 0.0366. The second-order valence-electron chi connectivity index (χ2n) is 6.69. The first-order valence-corrected chi connectivity index (χ1v) is 10.5. The third-order valence-corrected chi connectivity index (χ3v) is 6.43. The number of sulfone groups is 1. The maximum Gasteiger partial charge on any atom is 0.272 e. The van der Waals surface area contributed by atoms with Crippen molar-refractivity contribution >= 4 is 21.7 Å². The maximum atomic E-state index is 12.6. The van der Waals surface area contributed by atoms with Crippen molar-refractivity contribution in [2.45, 2.75) is 38.1 Å². The highest BCUT2D eigenvalue weighted by atomic mass is 32.2. The normalized spacial score (nSPS) is 23.0. The van der Waals surface area contributed by atoms with E-state index >= 15 is 0 Å². The number of carbonyl (C=O) groups is 2. The van der Waals surface area contributed by atoms with Crippen molar-refractivity contribution in [1.82, 2.24) is 15.2 Å². The van der Waals surface area contributed by atoms with Crippen LogP contribution in [0.15, 0.2) is 18.2 Å². The Morgan fingerprint density at radius 1 is 1.08 bits per heavy atom. The predicted molar refractivity (Wildman–Crippen MR) is 93.1 cm³/mol. The van der Waals surface area contributed by atoms with Crippen LogP contribution in [0, 0.1) is 0 Å². The van der Waals surface area contributed by atoms with Gasteiger partial charge >= 0.3 is 0 Å². The Labute approximate surface area is 147 Å². The van der Waals surface area contributed by atoms with Crippen LogP contribution in [0.3, 0.4) is 0 Å². The average Bonchev–Trinajstić information content (AvgIpc) is 2.80. The van der Waals surface area contributed by atoms with Crippen LogP contribution in [0.2, 0.25) is 0 Å². The lowest BCUT2D eigenvalue weighted by Crippen LogP contribution is -2.37. The lowest BCUT2D eigenvalue weighted by atomic mass is 10.2. The van der Waals surface area contributed by atoms with Crippen LogP contribution in [0.25, 0.3) is 0 Å². The molecule has 1 aromatic rings. The molecule has 2 aliphatic heterocycles. The molecule has 8 heteroatoms. The van der Waals surface area contributed by atoms with Crippen molar-refractivity contribution in [2.75, 3.05) is 24.6 Å². The Bertz CT molecular complexity index is 755. The van der Waals surface area contributed by atoms with E-state index in [1.807, 2.05) is 0 Å². The summed E-state index contributed by atoms with van der Waals surface area (Å²) in [5.74, 6) is -0.531. The van der Waals surface area contributed by atoms with Gasteiger partial charge in [-0.3, -0.25) is 9.59 Å². The van der Waals surface area contributed by atoms with Gasteiger partial charge in [-0.2, -0.15) is 0 Å². The topological polar surface area (TPSA) is 96.4 Å². The monoisotopic (exact) mass is 365 g/mol. The van der Waals surface area contributed by atoms with Gasteiger partial charge in [0.25, 0.3) is 11.8 Å². The molecular formula is C17H23N3O4S. The molecule has 0 aliphatic carbocycles. The van der Waals surface area contributed by atoms with Gasteiger partial charge in [-0.15, -0.1) is 0 Å². The number of aromatic nitrogens is 1. The van der Waals surface area contributed by atoms with Gasteiger partial charge in [0.05, 0.1) is 11.5 Å². The van der Waals surface area contributed by atoms with Gasteiger partial charge in [0.1, 0.15) is 11.4 Å². The number of carbonyl (C=O) groups excluding carboxylic acids is 2. The molecule has 0 saturated carbocycles. The molecule has 2 amide bonds. The van der Waals surface area contributed by atoms with Crippen LogP contribution in [0.1, 0.15) is 53.1 Å². The molecule has 136 valence electrons. The van der Waals surface area contributed by atoms with Crippen LogP contribution >= 0.6 is 0 Å². The Balaban J connectivity index is 1.68. The largest absolute Gasteiger partial charge is 0.347 e. The summed E-state index contributed by atoms with van der Waals surface area (Å²) in [4.78, 5) is 30.9. The number of rotatable bonds is 3. The number of hydrogen-bond donors (Lipinski definition) is 1. The van der Waals surface area contributed by atoms with E-state index in [0.29, 0.717) is 6.42 Å². The summed E-state index contributed by atoms with van der Waals surface area (Å²) < 4.78 is 23.0. The summed E-state index contributed by atoms with van der Waals surface area (Å²) in [6.45, 7) is 1.44. The van der Waals surface area contributed by atoms with Crippen molar-refractivity contribution in [2.24, 2.45) is 0 Å². The first-order valence-electron chi connectivity index (χ1n) is 8.72. The molecule has 2 saturated heterocycles. The first-order chi connectivity index (χ1) is 11.9. The van der Waals surface area contributed by atoms with E-state index in [1.54, 1.807) is 17.0 Å². The van der Waals surface area contributed by atoms with E-state index < -0.39 is 15.7 Å². The molecule has 7 nitrogen and oxygen atoms in total. The summed E-state index contributed by atoms with van der Waals surface area (Å²) in [6, 6.07) is 4.41. The molecule has 1 N–H and O–H groups in total. The zero-order valence-electron chi connectivity index (χ0n) is 14.1. The van der Waals surface area contributed by atoms with Gasteiger partial charge < -0.3 is 10.2 Å². The highest BCUT2D eigenvalue weighted by Crippen LogP contribution is 2.14. The highest BCUT2D eigenvalue weighted by molar-refractivity contribution is 7.91. The summed E-state index contributed by atoms with van der Waals surface area (Å²) in [5.41, 5.74) is 0.401. The lowest BCUT2D eigenvalue weighted by Gasteiger charge is -2.20. The predicted octanol–water partition coefficient (Wildman–Crippen LogP) is 1.01. The van der Waals surface area contributed by atoms with E-state index in [0.717, 1.165) is 38.8 Å². The van der Waals surface area contributed by atoms with Crippen LogP contribution in [0.5, 0.6) is 0 Å². The molecular weight excluding hydrogens is 342 g/mol. The number of amides is 2. The van der Waals surface area contributed by atoms with Gasteiger partial charge in [0.15, 0.2) is 9.84 Å². The minimum atomic E-state index is -3.06. The van der Waals surface area contributed by atoms with Crippen molar-refractivity contribution in [1.29, 1.82) is 0 Å². The highest BCUT2D eigenvalue weighted by Gasteiger charge is 2.29. The molecule has 2 fully saturated rings. The molecule has 1 unspecified atom stereocenters. The summed E-state index contributed by atoms with van der Waals surface area (Å²) in [7, 11) is -3.06. The smallest absolute Gasteiger partial charge is 0.272 e. The molecule has 3 rings (SSSR count). The molecule has 1 aromatic heterocycles. The Morgan fingerprint density at radius 2 is 1.76 bits per heavy atom. The molecule has 2 aliphatic rings. The van der Waals surface area contributed by atoms with Crippen molar-refractivity contribution < 1.29 is 18.0 Å². The van der Waals surface area contributed by atoms with Crippen molar-refractivity contribution in [3.05, 3.63) is 29.6 Å². The number of nitrogens with zero attached hydrogens (tertiary/aromatic N) is 2. The van der Waals surface area contributed by atoms with Crippen LogP contribution in [-0.4, -0.2) is 60.8 Å². The number of likely N-dealkylation sites (tertiary alicyclic amines) is 1. The second kappa shape index (κ2) is 7.51. The van der Waals surface area contributed by atoms with Gasteiger partial charge in [-0.25, -0.2) is 13.4 Å². The maximum absolute atomic E-state index is 12.6. The van der Waals surface area contributed by atoms with Crippen LogP contribution in [0.4, 0.5) is 0 Å². The standard InChI is InChI=1S/C17H23N3O4S/c21-16(18-13-8-11-25(23,24)12-13)14-6-5-7-15(19-14)17(22)20-9-3-1-2-4-10-20/h5-7,13H,1-4,8-12H2,(H,18,21). The SMILES string of the molecule is O=C(NC1CCS(=O)(=O)C1)c1cccc(C(=O)N2CCCCCC2)n1. The third-order valence-electron chi connectivity index (χ3n) is 4.66. The zero-order chi connectivity index (χ0) is 17.9. The summed E-state index contributed by atoms with van der Waals surface area (Å²) in [6.07, 6.45) is 4.65. The fourth-order valence-corrected chi connectivity index (χ4v) is 4.96. The Kier molecular flexibility index (Phi) is 5.36. The molecule has 0 spiro atoms. The van der Waals surface area contributed by atoms with Gasteiger partial charge in [-0.05, 0) is 31.4 Å². The number of hydrogen-bond acceptors (Lipinski definition) is 5. The minimum Gasteiger partial charge on any atom is -0.347 e. The van der Waals surface area contributed by atoms with Crippen LogP contribution < -0.4 is 5.32 Å². The van der Waals surface area contributed by atoms with Gasteiger partial charge in [0, 0.05) is 19.1 Å². The molecule has 1 atom stereocenters. The lowest BCUT2D eigenvalue weighted by molar-refractivity contribution is 0.0755. The average molecular weight is 365 g/mol. The van der Waals surface area contributed by atoms with Gasteiger partial charge in [-0.1, -0.05) is 18.9 Å². The van der Waals surface area contributed by atoms with Crippen molar-refractivity contribution in [3.63, 3.8) is 0 Å². The Hall–Kier alpha value is -1.96. The Morgan fingerprint density at radius 3 is 2.40 bits per heavy atom. The number of nitrogens with one attached hydrogen (secondary N) is 1. The molecule has 0 aromatic carbocycles. The number of pyridine rings is 1. The van der Waals surface area contributed by atoms with Gasteiger partial charge in [0.2, 0.25) is 0 Å². The van der Waals surface area contributed by atoms with E-state index in [9.17, 15) is 18.0 Å². The van der Waals surface area contributed by atoms with E-state index in [-0.39, 0.29) is 34.8 Å². The van der Waals surface area contributed by atoms with E-state index in [2.05, 4.69) is 10.3 Å². The summed E-state index contributed by atoms with van der Waals surface area (Å²) in [5, 5.41) is 2.70.